The van der Waals surface area contributed by atoms with Crippen LogP contribution in [0.1, 0.15) is 64.1 Å². The van der Waals surface area contributed by atoms with Crippen LogP contribution in [-0.2, 0) is 16.1 Å². The standard InChI is InChI=1S/C28H33Cl2N3O2/c1-6-11-32(5)16-18-7-10-24-22(12-18)31-23-14-28(3,4)15-25(35)26(23)27(33(24)17(2)34)20-9-8-19(29)13-21(20)30/h7-10,12-13,26-27H,6,11,14-16H2,1-5H3. The number of hydrogen-bond donors (Lipinski definition) is 0. The molecule has 2 aromatic carbocycles. The highest BCUT2D eigenvalue weighted by Crippen LogP contribution is 2.49. The topological polar surface area (TPSA) is 53.0 Å². The molecule has 1 amide bonds. The molecule has 186 valence electrons. The molecule has 0 bridgehead atoms. The second kappa shape index (κ2) is 10.0. The van der Waals surface area contributed by atoms with Crippen LogP contribution >= 0.6 is 23.2 Å². The predicted octanol–water partition coefficient (Wildman–Crippen LogP) is 7.02. The lowest BCUT2D eigenvalue weighted by atomic mass is 9.68. The van der Waals surface area contributed by atoms with E-state index in [1.54, 1.807) is 17.0 Å². The monoisotopic (exact) mass is 513 g/mol. The minimum absolute atomic E-state index is 0.0815. The first-order chi connectivity index (χ1) is 16.5. The van der Waals surface area contributed by atoms with Crippen molar-refractivity contribution >= 4 is 52.0 Å². The predicted molar refractivity (Wildman–Crippen MR) is 144 cm³/mol. The van der Waals surface area contributed by atoms with Gasteiger partial charge in [0, 0.05) is 35.6 Å². The van der Waals surface area contributed by atoms with Crippen molar-refractivity contribution in [2.24, 2.45) is 16.3 Å². The van der Waals surface area contributed by atoms with Crippen LogP contribution in [0.15, 0.2) is 41.4 Å². The van der Waals surface area contributed by atoms with Gasteiger partial charge in [0.2, 0.25) is 5.91 Å². The van der Waals surface area contributed by atoms with Gasteiger partial charge >= 0.3 is 0 Å². The number of amides is 1. The SMILES string of the molecule is CCCN(C)Cc1ccc2c(c1)N=C1CC(C)(C)CC(=O)C1C(c1ccc(Cl)cc1Cl)N2C(C)=O. The summed E-state index contributed by atoms with van der Waals surface area (Å²) in [5.41, 5.74) is 3.85. The second-order valence-corrected chi connectivity index (χ2v) is 11.5. The summed E-state index contributed by atoms with van der Waals surface area (Å²) in [5.74, 6) is -0.644. The third-order valence-electron chi connectivity index (χ3n) is 6.85. The average Bonchev–Trinajstić information content (AvgIpc) is 2.87. The number of Topliss-reactive ketones (excluding diaryl/α,β-unsaturated/α-hetero) is 1. The normalized spacial score (nSPS) is 21.3. The van der Waals surface area contributed by atoms with E-state index in [4.69, 9.17) is 28.2 Å². The van der Waals surface area contributed by atoms with Crippen molar-refractivity contribution in [2.45, 2.75) is 59.5 Å². The Hall–Kier alpha value is -2.21. The summed E-state index contributed by atoms with van der Waals surface area (Å²) in [6.45, 7) is 9.66. The minimum Gasteiger partial charge on any atom is -0.302 e. The lowest BCUT2D eigenvalue weighted by molar-refractivity contribution is -0.124. The van der Waals surface area contributed by atoms with E-state index < -0.39 is 12.0 Å². The van der Waals surface area contributed by atoms with Crippen LogP contribution in [0, 0.1) is 11.3 Å². The maximum Gasteiger partial charge on any atom is 0.224 e. The number of carbonyl (C=O) groups is 2. The number of ketones is 1. The van der Waals surface area contributed by atoms with Crippen LogP contribution in [0.3, 0.4) is 0 Å². The van der Waals surface area contributed by atoms with Gasteiger partial charge in [-0.1, -0.05) is 56.1 Å². The van der Waals surface area contributed by atoms with Crippen molar-refractivity contribution in [1.29, 1.82) is 0 Å². The van der Waals surface area contributed by atoms with Gasteiger partial charge in [-0.15, -0.1) is 0 Å². The summed E-state index contributed by atoms with van der Waals surface area (Å²) in [5, 5.41) is 0.944. The molecule has 1 saturated carbocycles. The molecule has 1 heterocycles. The molecule has 5 nitrogen and oxygen atoms in total. The molecule has 1 fully saturated rings. The number of aliphatic imine (C=N–C) groups is 1. The van der Waals surface area contributed by atoms with E-state index in [9.17, 15) is 9.59 Å². The van der Waals surface area contributed by atoms with Crippen LogP contribution in [0.5, 0.6) is 0 Å². The molecule has 0 spiro atoms. The van der Waals surface area contributed by atoms with Gasteiger partial charge in [-0.25, -0.2) is 0 Å². The van der Waals surface area contributed by atoms with E-state index in [2.05, 4.69) is 38.8 Å². The molecule has 0 radical (unpaired) electrons. The number of benzene rings is 2. The maximum atomic E-state index is 13.7. The zero-order chi connectivity index (χ0) is 25.5. The number of rotatable bonds is 5. The Morgan fingerprint density at radius 3 is 2.57 bits per heavy atom. The highest BCUT2D eigenvalue weighted by molar-refractivity contribution is 6.35. The van der Waals surface area contributed by atoms with Gasteiger partial charge < -0.3 is 9.80 Å². The van der Waals surface area contributed by atoms with Crippen molar-refractivity contribution in [3.63, 3.8) is 0 Å². The fraction of sp³-hybridized carbons (Fsp3) is 0.464. The van der Waals surface area contributed by atoms with Gasteiger partial charge in [-0.05, 0) is 67.2 Å². The largest absolute Gasteiger partial charge is 0.302 e. The van der Waals surface area contributed by atoms with Gasteiger partial charge in [0.25, 0.3) is 0 Å². The third-order valence-corrected chi connectivity index (χ3v) is 7.42. The van der Waals surface area contributed by atoms with Crippen molar-refractivity contribution in [3.8, 4) is 0 Å². The number of halogens is 2. The smallest absolute Gasteiger partial charge is 0.224 e. The Morgan fingerprint density at radius 1 is 1.17 bits per heavy atom. The molecule has 2 aromatic rings. The zero-order valence-corrected chi connectivity index (χ0v) is 22.6. The molecule has 1 aliphatic carbocycles. The fourth-order valence-corrected chi connectivity index (χ4v) is 6.03. The summed E-state index contributed by atoms with van der Waals surface area (Å²) in [6.07, 6.45) is 2.17. The molecule has 2 atom stereocenters. The molecule has 2 aliphatic rings. The minimum atomic E-state index is -0.588. The number of carbonyl (C=O) groups excluding carboxylic acids is 2. The Labute approximate surface area is 218 Å². The van der Waals surface area contributed by atoms with E-state index >= 15 is 0 Å². The maximum absolute atomic E-state index is 13.7. The first-order valence-corrected chi connectivity index (χ1v) is 12.9. The van der Waals surface area contributed by atoms with E-state index in [1.165, 1.54) is 6.92 Å². The quantitative estimate of drug-likeness (QED) is 0.431. The van der Waals surface area contributed by atoms with Crippen LogP contribution in [0.2, 0.25) is 10.0 Å². The number of hydrogen-bond acceptors (Lipinski definition) is 4. The Kier molecular flexibility index (Phi) is 7.42. The number of fused-ring (bicyclic) bond motifs is 2. The van der Waals surface area contributed by atoms with Crippen LogP contribution < -0.4 is 4.90 Å². The molecule has 0 N–H and O–H groups in total. The zero-order valence-electron chi connectivity index (χ0n) is 21.1. The fourth-order valence-electron chi connectivity index (χ4n) is 5.51. The first kappa shape index (κ1) is 25.9. The second-order valence-electron chi connectivity index (χ2n) is 10.6. The summed E-state index contributed by atoms with van der Waals surface area (Å²) in [4.78, 5) is 36.0. The van der Waals surface area contributed by atoms with E-state index in [0.29, 0.717) is 34.1 Å². The summed E-state index contributed by atoms with van der Waals surface area (Å²) < 4.78 is 0. The highest BCUT2D eigenvalue weighted by atomic mass is 35.5. The van der Waals surface area contributed by atoms with Gasteiger partial charge in [0.1, 0.15) is 5.78 Å². The highest BCUT2D eigenvalue weighted by Gasteiger charge is 2.47. The molecule has 0 aromatic heterocycles. The average molecular weight is 514 g/mol. The van der Waals surface area contributed by atoms with E-state index in [1.807, 2.05) is 18.2 Å². The van der Waals surface area contributed by atoms with Crippen molar-refractivity contribution < 1.29 is 9.59 Å². The summed E-state index contributed by atoms with van der Waals surface area (Å²) in [7, 11) is 2.10. The molecular formula is C28H33Cl2N3O2. The van der Waals surface area contributed by atoms with Crippen LogP contribution in [-0.4, -0.2) is 35.9 Å². The Bertz CT molecular complexity index is 1190. The van der Waals surface area contributed by atoms with Crippen molar-refractivity contribution in [2.75, 3.05) is 18.5 Å². The Morgan fingerprint density at radius 2 is 1.91 bits per heavy atom. The van der Waals surface area contributed by atoms with Gasteiger partial charge in [0.15, 0.2) is 0 Å². The first-order valence-electron chi connectivity index (χ1n) is 12.2. The van der Waals surface area contributed by atoms with Gasteiger partial charge in [-0.2, -0.15) is 0 Å². The molecule has 1 aliphatic heterocycles. The number of anilines is 1. The molecule has 35 heavy (non-hydrogen) atoms. The molecule has 7 heteroatoms. The summed E-state index contributed by atoms with van der Waals surface area (Å²) >= 11 is 12.9. The molecule has 2 unspecified atom stereocenters. The van der Waals surface area contributed by atoms with E-state index in [0.717, 1.165) is 36.5 Å². The summed E-state index contributed by atoms with van der Waals surface area (Å²) in [6, 6.07) is 10.7. The van der Waals surface area contributed by atoms with Crippen LogP contribution in [0.4, 0.5) is 11.4 Å². The molecule has 4 rings (SSSR count). The molecule has 0 saturated heterocycles. The van der Waals surface area contributed by atoms with Gasteiger partial charge in [-0.3, -0.25) is 14.6 Å². The third kappa shape index (κ3) is 5.32. The van der Waals surface area contributed by atoms with E-state index in [-0.39, 0.29) is 17.1 Å². The van der Waals surface area contributed by atoms with Crippen molar-refractivity contribution in [3.05, 3.63) is 57.6 Å². The number of nitrogens with zero attached hydrogens (tertiary/aromatic N) is 3. The molecular weight excluding hydrogens is 481 g/mol. The lowest BCUT2D eigenvalue weighted by Gasteiger charge is -2.41. The van der Waals surface area contributed by atoms with Crippen molar-refractivity contribution in [1.82, 2.24) is 4.90 Å². The lowest BCUT2D eigenvalue weighted by Crippen LogP contribution is -2.47. The van der Waals surface area contributed by atoms with Crippen LogP contribution in [0.25, 0.3) is 0 Å². The Balaban J connectivity index is 1.93. The van der Waals surface area contributed by atoms with Gasteiger partial charge in [0.05, 0.1) is 23.3 Å².